The summed E-state index contributed by atoms with van der Waals surface area (Å²) in [4.78, 5) is 0. The van der Waals surface area contributed by atoms with E-state index in [1.807, 2.05) is 0 Å². The summed E-state index contributed by atoms with van der Waals surface area (Å²) in [5.41, 5.74) is 8.44. The van der Waals surface area contributed by atoms with Gasteiger partial charge in [0.25, 0.3) is 0 Å². The van der Waals surface area contributed by atoms with Crippen LogP contribution in [0.1, 0.15) is 24.5 Å². The molecule has 0 bridgehead atoms. The average molecular weight is 191 g/mol. The van der Waals surface area contributed by atoms with Crippen LogP contribution in [0.4, 0.5) is 0 Å². The van der Waals surface area contributed by atoms with Crippen LogP contribution in [0.25, 0.3) is 0 Å². The minimum atomic E-state index is 0.0985. The van der Waals surface area contributed by atoms with Crippen LogP contribution >= 0.6 is 0 Å². The quantitative estimate of drug-likeness (QED) is 0.736. The van der Waals surface area contributed by atoms with Gasteiger partial charge in [0, 0.05) is 17.5 Å². The van der Waals surface area contributed by atoms with E-state index < -0.39 is 0 Å². The summed E-state index contributed by atoms with van der Waals surface area (Å²) in [5.74, 6) is 1.02. The van der Waals surface area contributed by atoms with Gasteiger partial charge in [0.05, 0.1) is 6.61 Å². The Kier molecular flexibility index (Phi) is 2.23. The van der Waals surface area contributed by atoms with Crippen molar-refractivity contribution in [1.82, 2.24) is 0 Å². The van der Waals surface area contributed by atoms with Crippen molar-refractivity contribution in [2.24, 2.45) is 5.73 Å². The van der Waals surface area contributed by atoms with E-state index in [1.54, 1.807) is 0 Å². The molecule has 0 saturated heterocycles. The molecule has 1 atom stereocenters. The fourth-order valence-corrected chi connectivity index (χ4v) is 1.98. The third kappa shape index (κ3) is 1.40. The van der Waals surface area contributed by atoms with E-state index >= 15 is 0 Å². The predicted octanol–water partition coefficient (Wildman–Crippen LogP) is 1.99. The summed E-state index contributed by atoms with van der Waals surface area (Å²) in [6, 6.07) is 6.38. The fraction of sp³-hybridized carbons (Fsp3) is 0.500. The number of rotatable bonds is 1. The number of benzene rings is 1. The van der Waals surface area contributed by atoms with Crippen molar-refractivity contribution in [2.45, 2.75) is 25.7 Å². The topological polar surface area (TPSA) is 35.2 Å². The van der Waals surface area contributed by atoms with E-state index in [4.69, 9.17) is 10.5 Å². The van der Waals surface area contributed by atoms with E-state index in [9.17, 15) is 0 Å². The van der Waals surface area contributed by atoms with Gasteiger partial charge in [0.15, 0.2) is 0 Å². The molecule has 1 aromatic carbocycles. The second-order valence-corrected chi connectivity index (χ2v) is 4.36. The first kappa shape index (κ1) is 9.53. The molecule has 2 rings (SSSR count). The van der Waals surface area contributed by atoms with Crippen LogP contribution in [0.5, 0.6) is 5.75 Å². The van der Waals surface area contributed by atoms with E-state index in [0.717, 1.165) is 18.8 Å². The Morgan fingerprint density at radius 2 is 2.29 bits per heavy atom. The number of nitrogens with two attached hydrogens (primary N) is 1. The molecular formula is C12H17NO. The van der Waals surface area contributed by atoms with Crippen molar-refractivity contribution < 1.29 is 4.74 Å². The second kappa shape index (κ2) is 3.28. The Morgan fingerprint density at radius 3 is 3.00 bits per heavy atom. The lowest BCUT2D eigenvalue weighted by Gasteiger charge is -2.34. The van der Waals surface area contributed by atoms with Crippen LogP contribution in [0, 0.1) is 6.92 Å². The Labute approximate surface area is 85.1 Å². The molecule has 76 valence electrons. The molecule has 0 fully saturated rings. The molecule has 1 aliphatic heterocycles. The van der Waals surface area contributed by atoms with E-state index in [1.165, 1.54) is 11.1 Å². The van der Waals surface area contributed by atoms with Crippen LogP contribution < -0.4 is 10.5 Å². The third-order valence-corrected chi connectivity index (χ3v) is 3.15. The van der Waals surface area contributed by atoms with E-state index in [0.29, 0.717) is 6.54 Å². The number of hydrogen-bond donors (Lipinski definition) is 1. The van der Waals surface area contributed by atoms with Gasteiger partial charge >= 0.3 is 0 Å². The van der Waals surface area contributed by atoms with Gasteiger partial charge in [0.1, 0.15) is 5.75 Å². The summed E-state index contributed by atoms with van der Waals surface area (Å²) < 4.78 is 5.65. The highest BCUT2D eigenvalue weighted by molar-refractivity contribution is 5.43. The van der Waals surface area contributed by atoms with Crippen molar-refractivity contribution in [2.75, 3.05) is 13.2 Å². The average Bonchev–Trinajstić information content (AvgIpc) is 2.18. The molecule has 1 aliphatic rings. The predicted molar refractivity (Wildman–Crippen MR) is 57.7 cm³/mol. The molecule has 1 unspecified atom stereocenters. The molecule has 0 aliphatic carbocycles. The van der Waals surface area contributed by atoms with Gasteiger partial charge < -0.3 is 10.5 Å². The maximum atomic E-state index is 5.83. The Bertz CT molecular complexity index is 348. The Balaban J connectivity index is 2.50. The number of fused-ring (bicyclic) bond motifs is 1. The summed E-state index contributed by atoms with van der Waals surface area (Å²) in [5, 5.41) is 0. The Hall–Kier alpha value is -1.02. The highest BCUT2D eigenvalue weighted by atomic mass is 16.5. The third-order valence-electron chi connectivity index (χ3n) is 3.15. The fourth-order valence-electron chi connectivity index (χ4n) is 1.98. The van der Waals surface area contributed by atoms with E-state index in [-0.39, 0.29) is 5.41 Å². The Morgan fingerprint density at radius 1 is 1.50 bits per heavy atom. The van der Waals surface area contributed by atoms with Gasteiger partial charge in [0.2, 0.25) is 0 Å². The second-order valence-electron chi connectivity index (χ2n) is 4.36. The lowest BCUT2D eigenvalue weighted by atomic mass is 9.78. The zero-order valence-electron chi connectivity index (χ0n) is 8.84. The minimum Gasteiger partial charge on any atom is -0.493 e. The highest BCUT2D eigenvalue weighted by Gasteiger charge is 2.31. The molecular weight excluding hydrogens is 174 g/mol. The molecule has 0 saturated carbocycles. The first-order valence-corrected chi connectivity index (χ1v) is 5.10. The van der Waals surface area contributed by atoms with Crippen LogP contribution in [-0.2, 0) is 5.41 Å². The SMILES string of the molecule is Cc1ccc2c(c1)OCCC2(C)CN. The molecule has 0 radical (unpaired) electrons. The van der Waals surface area contributed by atoms with Gasteiger partial charge in [-0.3, -0.25) is 0 Å². The molecule has 1 aromatic rings. The van der Waals surface area contributed by atoms with Crippen molar-refractivity contribution >= 4 is 0 Å². The first-order valence-electron chi connectivity index (χ1n) is 5.10. The van der Waals surface area contributed by atoms with E-state index in [2.05, 4.69) is 32.0 Å². The number of hydrogen-bond acceptors (Lipinski definition) is 2. The summed E-state index contributed by atoms with van der Waals surface area (Å²) in [6.45, 7) is 5.76. The van der Waals surface area contributed by atoms with Crippen LogP contribution in [0.15, 0.2) is 18.2 Å². The smallest absolute Gasteiger partial charge is 0.123 e. The summed E-state index contributed by atoms with van der Waals surface area (Å²) in [7, 11) is 0. The van der Waals surface area contributed by atoms with Gasteiger partial charge in [-0.2, -0.15) is 0 Å². The number of aryl methyl sites for hydroxylation is 1. The summed E-state index contributed by atoms with van der Waals surface area (Å²) in [6.07, 6.45) is 1.01. The summed E-state index contributed by atoms with van der Waals surface area (Å²) >= 11 is 0. The zero-order valence-corrected chi connectivity index (χ0v) is 8.84. The van der Waals surface area contributed by atoms with Gasteiger partial charge in [-0.1, -0.05) is 19.1 Å². The lowest BCUT2D eigenvalue weighted by molar-refractivity contribution is 0.227. The minimum absolute atomic E-state index is 0.0985. The number of ether oxygens (including phenoxy) is 1. The highest BCUT2D eigenvalue weighted by Crippen LogP contribution is 2.38. The monoisotopic (exact) mass is 191 g/mol. The molecule has 2 heteroatoms. The molecule has 2 nitrogen and oxygen atoms in total. The van der Waals surface area contributed by atoms with Crippen molar-refractivity contribution in [1.29, 1.82) is 0 Å². The maximum absolute atomic E-state index is 5.83. The molecule has 0 amide bonds. The van der Waals surface area contributed by atoms with Gasteiger partial charge in [-0.25, -0.2) is 0 Å². The van der Waals surface area contributed by atoms with Crippen LogP contribution in [-0.4, -0.2) is 13.2 Å². The first-order chi connectivity index (χ1) is 6.65. The molecule has 1 heterocycles. The van der Waals surface area contributed by atoms with Crippen LogP contribution in [0.3, 0.4) is 0 Å². The normalized spacial score (nSPS) is 25.4. The standard InChI is InChI=1S/C12H17NO/c1-9-3-4-10-11(7-9)14-6-5-12(10,2)8-13/h3-4,7H,5-6,8,13H2,1-2H3. The zero-order chi connectivity index (χ0) is 10.2. The molecule has 2 N–H and O–H groups in total. The molecule has 0 spiro atoms. The van der Waals surface area contributed by atoms with Crippen molar-refractivity contribution in [3.63, 3.8) is 0 Å². The van der Waals surface area contributed by atoms with Gasteiger partial charge in [-0.05, 0) is 25.0 Å². The maximum Gasteiger partial charge on any atom is 0.123 e. The molecule has 0 aromatic heterocycles. The van der Waals surface area contributed by atoms with Crippen molar-refractivity contribution in [3.05, 3.63) is 29.3 Å². The molecule has 14 heavy (non-hydrogen) atoms. The van der Waals surface area contributed by atoms with Crippen LogP contribution in [0.2, 0.25) is 0 Å². The van der Waals surface area contributed by atoms with Gasteiger partial charge in [-0.15, -0.1) is 0 Å². The lowest BCUT2D eigenvalue weighted by Crippen LogP contribution is -2.37. The largest absolute Gasteiger partial charge is 0.493 e. The van der Waals surface area contributed by atoms with Crippen molar-refractivity contribution in [3.8, 4) is 5.75 Å².